The summed E-state index contributed by atoms with van der Waals surface area (Å²) in [5.74, 6) is -1.52. The predicted molar refractivity (Wildman–Crippen MR) is 67.3 cm³/mol. The molecule has 1 heterocycles. The number of aromatic nitrogens is 1. The molecule has 1 amide bonds. The van der Waals surface area contributed by atoms with E-state index >= 15 is 0 Å². The Balaban J connectivity index is 2.98. The van der Waals surface area contributed by atoms with Crippen molar-refractivity contribution in [2.75, 3.05) is 19.8 Å². The first kappa shape index (κ1) is 14.9. The van der Waals surface area contributed by atoms with Gasteiger partial charge in [0, 0.05) is 20.2 Å². The van der Waals surface area contributed by atoms with Gasteiger partial charge in [0.2, 0.25) is 5.91 Å². The van der Waals surface area contributed by atoms with E-state index in [1.165, 1.54) is 4.90 Å². The van der Waals surface area contributed by atoms with Crippen molar-refractivity contribution in [2.45, 2.75) is 5.03 Å². The Labute approximate surface area is 112 Å². The number of nitrogens with zero attached hydrogens (tertiary/aromatic N) is 3. The molecule has 0 aliphatic rings. The van der Waals surface area contributed by atoms with Gasteiger partial charge in [-0.15, -0.1) is 0 Å². The topological polar surface area (TPSA) is 114 Å². The molecule has 8 nitrogen and oxygen atoms in total. The number of aromatic carboxylic acids is 1. The average molecular weight is 285 g/mol. The van der Waals surface area contributed by atoms with Gasteiger partial charge in [0.1, 0.15) is 11.2 Å². The third-order valence-corrected chi connectivity index (χ3v) is 3.10. The third kappa shape index (κ3) is 3.91. The molecule has 19 heavy (non-hydrogen) atoms. The molecule has 0 saturated carbocycles. The maximum atomic E-state index is 11.4. The lowest BCUT2D eigenvalue weighted by atomic mass is 10.3. The van der Waals surface area contributed by atoms with E-state index in [-0.39, 0.29) is 22.2 Å². The van der Waals surface area contributed by atoms with Crippen LogP contribution < -0.4 is 0 Å². The Kier molecular flexibility index (Phi) is 4.81. The SMILES string of the molecule is CN(C)C(=O)CSc1ncc([N+](=O)[O-])cc1C(=O)O. The van der Waals surface area contributed by atoms with Crippen molar-refractivity contribution in [3.8, 4) is 0 Å². The first-order chi connectivity index (χ1) is 8.82. The van der Waals surface area contributed by atoms with Crippen LogP contribution in [-0.4, -0.2) is 51.6 Å². The molecule has 0 radical (unpaired) electrons. The zero-order chi connectivity index (χ0) is 14.6. The van der Waals surface area contributed by atoms with Crippen molar-refractivity contribution >= 4 is 29.3 Å². The van der Waals surface area contributed by atoms with Crippen LogP contribution in [0.25, 0.3) is 0 Å². The third-order valence-electron chi connectivity index (χ3n) is 2.11. The quantitative estimate of drug-likeness (QED) is 0.485. The molecule has 1 rings (SSSR count). The number of rotatable bonds is 5. The fraction of sp³-hybridized carbons (Fsp3) is 0.300. The zero-order valence-electron chi connectivity index (χ0n) is 10.2. The van der Waals surface area contributed by atoms with Gasteiger partial charge < -0.3 is 10.0 Å². The molecule has 0 atom stereocenters. The van der Waals surface area contributed by atoms with Crippen molar-refractivity contribution in [3.05, 3.63) is 27.9 Å². The van der Waals surface area contributed by atoms with Crippen molar-refractivity contribution in [1.29, 1.82) is 0 Å². The van der Waals surface area contributed by atoms with Gasteiger partial charge in [0.05, 0.1) is 16.2 Å². The maximum absolute atomic E-state index is 11.4. The Bertz CT molecular complexity index is 532. The molecule has 0 aliphatic heterocycles. The smallest absolute Gasteiger partial charge is 0.338 e. The van der Waals surface area contributed by atoms with Gasteiger partial charge in [-0.05, 0) is 0 Å². The number of pyridine rings is 1. The van der Waals surface area contributed by atoms with Gasteiger partial charge in [0.15, 0.2) is 0 Å². The highest BCUT2D eigenvalue weighted by Gasteiger charge is 2.18. The lowest BCUT2D eigenvalue weighted by molar-refractivity contribution is -0.385. The van der Waals surface area contributed by atoms with Gasteiger partial charge >= 0.3 is 5.97 Å². The molecular weight excluding hydrogens is 274 g/mol. The fourth-order valence-corrected chi connectivity index (χ4v) is 2.02. The molecular formula is C10H11N3O5S. The first-order valence-electron chi connectivity index (χ1n) is 5.03. The molecule has 1 aromatic rings. The highest BCUT2D eigenvalue weighted by molar-refractivity contribution is 8.00. The van der Waals surface area contributed by atoms with Crippen LogP contribution in [0.1, 0.15) is 10.4 Å². The molecule has 0 aliphatic carbocycles. The largest absolute Gasteiger partial charge is 0.478 e. The summed E-state index contributed by atoms with van der Waals surface area (Å²) in [6, 6.07) is 0.928. The second-order valence-corrected chi connectivity index (χ2v) is 4.65. The molecule has 1 N–H and O–H groups in total. The van der Waals surface area contributed by atoms with Crippen LogP contribution in [0.4, 0.5) is 5.69 Å². The van der Waals surface area contributed by atoms with E-state index in [0.29, 0.717) is 0 Å². The average Bonchev–Trinajstić information content (AvgIpc) is 2.35. The van der Waals surface area contributed by atoms with Gasteiger partial charge in [0.25, 0.3) is 5.69 Å². The molecule has 0 unspecified atom stereocenters. The van der Waals surface area contributed by atoms with E-state index in [1.807, 2.05) is 0 Å². The Hall–Kier alpha value is -2.16. The first-order valence-corrected chi connectivity index (χ1v) is 6.02. The molecule has 9 heteroatoms. The van der Waals surface area contributed by atoms with E-state index < -0.39 is 16.6 Å². The Morgan fingerprint density at radius 3 is 2.63 bits per heavy atom. The van der Waals surface area contributed by atoms with Crippen LogP contribution in [-0.2, 0) is 4.79 Å². The lowest BCUT2D eigenvalue weighted by Crippen LogP contribution is -2.23. The standard InChI is InChI=1S/C10H11N3O5S/c1-12(2)8(14)5-19-9-7(10(15)16)3-6(4-11-9)13(17)18/h3-4H,5H2,1-2H3,(H,15,16). The van der Waals surface area contributed by atoms with E-state index in [4.69, 9.17) is 5.11 Å². The van der Waals surface area contributed by atoms with E-state index in [9.17, 15) is 19.7 Å². The van der Waals surface area contributed by atoms with Gasteiger partial charge in [-0.25, -0.2) is 9.78 Å². The number of carboxylic acid groups (broad SMARTS) is 1. The minimum absolute atomic E-state index is 0.0120. The monoisotopic (exact) mass is 285 g/mol. The predicted octanol–water partition coefficient (Wildman–Crippen LogP) is 0.868. The molecule has 0 saturated heterocycles. The molecule has 102 valence electrons. The number of carboxylic acids is 1. The van der Waals surface area contributed by atoms with Crippen molar-refractivity contribution in [1.82, 2.24) is 9.88 Å². The summed E-state index contributed by atoms with van der Waals surface area (Å²) in [4.78, 5) is 37.3. The summed E-state index contributed by atoms with van der Waals surface area (Å²) in [5.41, 5.74) is -0.688. The summed E-state index contributed by atoms with van der Waals surface area (Å²) in [5, 5.41) is 19.6. The second-order valence-electron chi connectivity index (χ2n) is 3.69. The van der Waals surface area contributed by atoms with Crippen molar-refractivity contribution < 1.29 is 19.6 Å². The minimum atomic E-state index is -1.32. The van der Waals surface area contributed by atoms with Gasteiger partial charge in [-0.3, -0.25) is 14.9 Å². The number of nitro groups is 1. The van der Waals surface area contributed by atoms with Gasteiger partial charge in [-0.1, -0.05) is 11.8 Å². The van der Waals surface area contributed by atoms with Crippen LogP contribution in [0.3, 0.4) is 0 Å². The molecule has 1 aromatic heterocycles. The Morgan fingerprint density at radius 2 is 2.16 bits per heavy atom. The zero-order valence-corrected chi connectivity index (χ0v) is 11.0. The summed E-state index contributed by atoms with van der Waals surface area (Å²) in [7, 11) is 3.15. The van der Waals surface area contributed by atoms with E-state index in [1.54, 1.807) is 14.1 Å². The highest BCUT2D eigenvalue weighted by atomic mass is 32.2. The molecule has 0 spiro atoms. The number of carbonyl (C=O) groups is 2. The summed E-state index contributed by atoms with van der Waals surface area (Å²) in [6.45, 7) is 0. The number of carbonyl (C=O) groups excluding carboxylic acids is 1. The number of amides is 1. The van der Waals surface area contributed by atoms with Crippen molar-refractivity contribution in [3.63, 3.8) is 0 Å². The van der Waals surface area contributed by atoms with Crippen LogP contribution >= 0.6 is 11.8 Å². The molecule has 0 bridgehead atoms. The number of hydrogen-bond acceptors (Lipinski definition) is 6. The van der Waals surface area contributed by atoms with Crippen LogP contribution in [0.15, 0.2) is 17.3 Å². The fourth-order valence-electron chi connectivity index (χ4n) is 1.07. The van der Waals surface area contributed by atoms with Crippen LogP contribution in [0.5, 0.6) is 0 Å². The summed E-state index contributed by atoms with van der Waals surface area (Å²) in [6.07, 6.45) is 0.967. The Morgan fingerprint density at radius 1 is 1.53 bits per heavy atom. The number of hydrogen-bond donors (Lipinski definition) is 1. The molecule has 0 aromatic carbocycles. The van der Waals surface area contributed by atoms with Crippen molar-refractivity contribution in [2.24, 2.45) is 0 Å². The summed E-state index contributed by atoms with van der Waals surface area (Å²) < 4.78 is 0. The highest BCUT2D eigenvalue weighted by Crippen LogP contribution is 2.24. The summed E-state index contributed by atoms with van der Waals surface area (Å²) >= 11 is 0.926. The maximum Gasteiger partial charge on any atom is 0.338 e. The minimum Gasteiger partial charge on any atom is -0.478 e. The molecule has 0 fully saturated rings. The second kappa shape index (κ2) is 6.14. The normalized spacial score (nSPS) is 10.0. The van der Waals surface area contributed by atoms with E-state index in [2.05, 4.69) is 4.98 Å². The van der Waals surface area contributed by atoms with Crippen LogP contribution in [0.2, 0.25) is 0 Å². The van der Waals surface area contributed by atoms with Crippen LogP contribution in [0, 0.1) is 10.1 Å². The number of thioether (sulfide) groups is 1. The lowest BCUT2D eigenvalue weighted by Gasteiger charge is -2.09. The van der Waals surface area contributed by atoms with Gasteiger partial charge in [-0.2, -0.15) is 0 Å². The van der Waals surface area contributed by atoms with E-state index in [0.717, 1.165) is 24.0 Å².